The highest BCUT2D eigenvalue weighted by molar-refractivity contribution is 5.87. The van der Waals surface area contributed by atoms with E-state index < -0.39 is 6.10 Å². The number of carbonyl (C=O) groups is 1. The van der Waals surface area contributed by atoms with Crippen LogP contribution in [0.4, 0.5) is 0 Å². The molecule has 0 aliphatic rings. The van der Waals surface area contributed by atoms with E-state index >= 15 is 0 Å². The number of hydrogen-bond acceptors (Lipinski definition) is 3. The van der Waals surface area contributed by atoms with E-state index in [1.807, 2.05) is 42.5 Å². The van der Waals surface area contributed by atoms with E-state index in [1.165, 1.54) is 6.92 Å². The summed E-state index contributed by atoms with van der Waals surface area (Å²) in [6.45, 7) is 5.45. The van der Waals surface area contributed by atoms with E-state index in [9.17, 15) is 4.79 Å². The molecule has 0 amide bonds. The van der Waals surface area contributed by atoms with Gasteiger partial charge in [-0.15, -0.1) is 0 Å². The molecule has 0 saturated heterocycles. The molecule has 0 saturated carbocycles. The standard InChI is InChI=1S/C18H16N2O2/c1-13(20-12-6-11-19-20)18(22-14(2)21)17-10-5-8-15-7-3-4-9-16(15)17/h3-12,18H,1H2,2H3. The summed E-state index contributed by atoms with van der Waals surface area (Å²) >= 11 is 0. The number of carbonyl (C=O) groups excluding carboxylic acids is 1. The number of ether oxygens (including phenoxy) is 1. The van der Waals surface area contributed by atoms with Crippen LogP contribution in [0.3, 0.4) is 0 Å². The van der Waals surface area contributed by atoms with E-state index in [0.29, 0.717) is 5.70 Å². The van der Waals surface area contributed by atoms with Crippen molar-refractivity contribution in [1.29, 1.82) is 0 Å². The molecule has 1 heterocycles. The lowest BCUT2D eigenvalue weighted by Crippen LogP contribution is -2.14. The number of nitrogens with zero attached hydrogens (tertiary/aromatic N) is 2. The molecule has 110 valence electrons. The van der Waals surface area contributed by atoms with Crippen molar-refractivity contribution < 1.29 is 9.53 Å². The first-order chi connectivity index (χ1) is 10.7. The second-order valence-corrected chi connectivity index (χ2v) is 5.00. The van der Waals surface area contributed by atoms with Gasteiger partial charge in [-0.1, -0.05) is 49.0 Å². The van der Waals surface area contributed by atoms with E-state index in [1.54, 1.807) is 23.1 Å². The Kier molecular flexibility index (Phi) is 3.74. The average Bonchev–Trinajstić information content (AvgIpc) is 3.06. The van der Waals surface area contributed by atoms with Gasteiger partial charge in [-0.2, -0.15) is 5.10 Å². The van der Waals surface area contributed by atoms with Crippen LogP contribution < -0.4 is 0 Å². The van der Waals surface area contributed by atoms with Crippen molar-refractivity contribution in [2.75, 3.05) is 0 Å². The van der Waals surface area contributed by atoms with Crippen molar-refractivity contribution in [3.8, 4) is 0 Å². The molecule has 0 N–H and O–H groups in total. The zero-order chi connectivity index (χ0) is 15.5. The lowest BCUT2D eigenvalue weighted by molar-refractivity contribution is -0.144. The van der Waals surface area contributed by atoms with Crippen LogP contribution in [0.15, 0.2) is 67.5 Å². The minimum atomic E-state index is -0.580. The Hall–Kier alpha value is -2.88. The number of rotatable bonds is 4. The maximum atomic E-state index is 11.5. The molecule has 4 heteroatoms. The molecule has 0 radical (unpaired) electrons. The van der Waals surface area contributed by atoms with Gasteiger partial charge in [0.15, 0.2) is 6.10 Å². The Morgan fingerprint density at radius 2 is 1.95 bits per heavy atom. The summed E-state index contributed by atoms with van der Waals surface area (Å²) < 4.78 is 7.15. The van der Waals surface area contributed by atoms with Crippen LogP contribution in [0.25, 0.3) is 16.5 Å². The summed E-state index contributed by atoms with van der Waals surface area (Å²) in [7, 11) is 0. The van der Waals surface area contributed by atoms with E-state index in [-0.39, 0.29) is 5.97 Å². The highest BCUT2D eigenvalue weighted by Gasteiger charge is 2.22. The van der Waals surface area contributed by atoms with Crippen LogP contribution in [0.5, 0.6) is 0 Å². The van der Waals surface area contributed by atoms with Crippen LogP contribution >= 0.6 is 0 Å². The lowest BCUT2D eigenvalue weighted by atomic mass is 9.99. The third kappa shape index (κ3) is 2.63. The van der Waals surface area contributed by atoms with Crippen molar-refractivity contribution in [1.82, 2.24) is 9.78 Å². The van der Waals surface area contributed by atoms with Crippen LogP contribution in [0, 0.1) is 0 Å². The molecule has 4 nitrogen and oxygen atoms in total. The van der Waals surface area contributed by atoms with Gasteiger partial charge >= 0.3 is 5.97 Å². The van der Waals surface area contributed by atoms with E-state index in [2.05, 4.69) is 11.7 Å². The van der Waals surface area contributed by atoms with Crippen LogP contribution in [0.2, 0.25) is 0 Å². The minimum Gasteiger partial charge on any atom is -0.451 e. The molecule has 1 aromatic heterocycles. The summed E-state index contributed by atoms with van der Waals surface area (Å²) in [5, 5.41) is 6.30. The Balaban J connectivity index is 2.12. The number of esters is 1. The Morgan fingerprint density at radius 3 is 2.68 bits per heavy atom. The molecule has 0 spiro atoms. The summed E-state index contributed by atoms with van der Waals surface area (Å²) in [6.07, 6.45) is 2.87. The number of benzene rings is 2. The quantitative estimate of drug-likeness (QED) is 0.687. The maximum absolute atomic E-state index is 11.5. The molecule has 0 aliphatic carbocycles. The second kappa shape index (κ2) is 5.85. The molecule has 22 heavy (non-hydrogen) atoms. The topological polar surface area (TPSA) is 44.1 Å². The molecule has 0 fully saturated rings. The second-order valence-electron chi connectivity index (χ2n) is 5.00. The monoisotopic (exact) mass is 292 g/mol. The third-order valence-electron chi connectivity index (χ3n) is 3.49. The van der Waals surface area contributed by atoms with Gasteiger partial charge in [0.25, 0.3) is 0 Å². The first-order valence-corrected chi connectivity index (χ1v) is 7.00. The Bertz CT molecular complexity index is 817. The van der Waals surface area contributed by atoms with E-state index in [0.717, 1.165) is 16.3 Å². The van der Waals surface area contributed by atoms with Crippen LogP contribution in [-0.4, -0.2) is 15.7 Å². The van der Waals surface area contributed by atoms with Gasteiger partial charge in [0.2, 0.25) is 0 Å². The smallest absolute Gasteiger partial charge is 0.303 e. The average molecular weight is 292 g/mol. The summed E-state index contributed by atoms with van der Waals surface area (Å²) in [5.74, 6) is -0.355. The maximum Gasteiger partial charge on any atom is 0.303 e. The normalized spacial score (nSPS) is 12.0. The SMILES string of the molecule is C=C(C(OC(C)=O)c1cccc2ccccc12)n1cccn1. The van der Waals surface area contributed by atoms with Crippen molar-refractivity contribution in [2.45, 2.75) is 13.0 Å². The predicted molar refractivity (Wildman–Crippen MR) is 86.0 cm³/mol. The van der Waals surface area contributed by atoms with Crippen molar-refractivity contribution in [3.05, 3.63) is 73.1 Å². The van der Waals surface area contributed by atoms with Gasteiger partial charge in [0.05, 0.1) is 5.70 Å². The Labute approximate surface area is 128 Å². The van der Waals surface area contributed by atoms with Crippen molar-refractivity contribution >= 4 is 22.4 Å². The molecule has 0 bridgehead atoms. The summed E-state index contributed by atoms with van der Waals surface area (Å²) in [4.78, 5) is 11.5. The molecule has 1 atom stereocenters. The predicted octanol–water partition coefficient (Wildman–Crippen LogP) is 3.81. The third-order valence-corrected chi connectivity index (χ3v) is 3.49. The van der Waals surface area contributed by atoms with Crippen molar-refractivity contribution in [3.63, 3.8) is 0 Å². The molecule has 3 aromatic rings. The van der Waals surface area contributed by atoms with Gasteiger partial charge in [-0.25, -0.2) is 4.68 Å². The Morgan fingerprint density at radius 1 is 1.18 bits per heavy atom. The molecule has 1 unspecified atom stereocenters. The largest absolute Gasteiger partial charge is 0.451 e. The van der Waals surface area contributed by atoms with Crippen LogP contribution in [0.1, 0.15) is 18.6 Å². The summed E-state index contributed by atoms with van der Waals surface area (Å²) in [6, 6.07) is 15.7. The minimum absolute atomic E-state index is 0.355. The zero-order valence-electron chi connectivity index (χ0n) is 12.3. The van der Waals surface area contributed by atoms with Crippen molar-refractivity contribution in [2.24, 2.45) is 0 Å². The molecular formula is C18H16N2O2. The highest BCUT2D eigenvalue weighted by atomic mass is 16.5. The molecule has 0 aliphatic heterocycles. The fourth-order valence-electron chi connectivity index (χ4n) is 2.51. The fraction of sp³-hybridized carbons (Fsp3) is 0.111. The van der Waals surface area contributed by atoms with Gasteiger partial charge in [0.1, 0.15) is 0 Å². The molecular weight excluding hydrogens is 276 g/mol. The number of fused-ring (bicyclic) bond motifs is 1. The lowest BCUT2D eigenvalue weighted by Gasteiger charge is -2.21. The zero-order valence-corrected chi connectivity index (χ0v) is 12.3. The van der Waals surface area contributed by atoms with E-state index in [4.69, 9.17) is 4.74 Å². The van der Waals surface area contributed by atoms with Gasteiger partial charge in [-0.05, 0) is 16.8 Å². The van der Waals surface area contributed by atoms with Gasteiger partial charge in [0, 0.05) is 24.9 Å². The molecule has 2 aromatic carbocycles. The summed E-state index contributed by atoms with van der Waals surface area (Å²) in [5.41, 5.74) is 1.49. The highest BCUT2D eigenvalue weighted by Crippen LogP contribution is 2.33. The van der Waals surface area contributed by atoms with Gasteiger partial charge in [-0.3, -0.25) is 4.79 Å². The first-order valence-electron chi connectivity index (χ1n) is 7.00. The number of aromatic nitrogens is 2. The fourth-order valence-corrected chi connectivity index (χ4v) is 2.51. The van der Waals surface area contributed by atoms with Gasteiger partial charge < -0.3 is 4.74 Å². The first kappa shape index (κ1) is 14.1. The molecule has 3 rings (SSSR count). The number of hydrogen-bond donors (Lipinski definition) is 0. The van der Waals surface area contributed by atoms with Crippen LogP contribution in [-0.2, 0) is 9.53 Å².